The minimum absolute atomic E-state index is 0.0897. The average Bonchev–Trinajstić information content (AvgIpc) is 3.32. The van der Waals surface area contributed by atoms with Crippen molar-refractivity contribution in [3.05, 3.63) is 35.9 Å². The molecule has 11 heteroatoms. The van der Waals surface area contributed by atoms with Crippen LogP contribution in [-0.4, -0.2) is 45.4 Å². The predicted molar refractivity (Wildman–Crippen MR) is 112 cm³/mol. The van der Waals surface area contributed by atoms with Crippen molar-refractivity contribution in [3.63, 3.8) is 0 Å². The van der Waals surface area contributed by atoms with Gasteiger partial charge in [0.05, 0.1) is 6.42 Å². The molecule has 146 valence electrons. The van der Waals surface area contributed by atoms with Crippen molar-refractivity contribution in [3.8, 4) is 0 Å². The summed E-state index contributed by atoms with van der Waals surface area (Å²) in [4.78, 5) is 14.4. The second-order valence-electron chi connectivity index (χ2n) is 6.45. The zero-order valence-electron chi connectivity index (χ0n) is 15.0. The zero-order chi connectivity index (χ0) is 19.3. The molecule has 3 heterocycles. The Hall–Kier alpha value is -2.79. The van der Waals surface area contributed by atoms with Crippen LogP contribution in [0.25, 0.3) is 0 Å². The number of hydrogen-bond donors (Lipinski definition) is 3. The number of piperidine rings is 1. The van der Waals surface area contributed by atoms with Gasteiger partial charge in [0.25, 0.3) is 0 Å². The maximum absolute atomic E-state index is 12.2. The molecule has 3 aromatic rings. The number of benzene rings is 1. The van der Waals surface area contributed by atoms with Crippen LogP contribution in [-0.2, 0) is 11.2 Å². The topological polar surface area (TPSA) is 122 Å². The van der Waals surface area contributed by atoms with Crippen LogP contribution < -0.4 is 21.3 Å². The molecule has 0 radical (unpaired) electrons. The van der Waals surface area contributed by atoms with Gasteiger partial charge in [0.2, 0.25) is 26.4 Å². The predicted octanol–water partition coefficient (Wildman–Crippen LogP) is 2.23. The van der Waals surface area contributed by atoms with Crippen LogP contribution in [0.3, 0.4) is 0 Å². The number of carbonyl (C=O) groups excluding carboxylic acids is 1. The van der Waals surface area contributed by atoms with Crippen molar-refractivity contribution in [2.75, 3.05) is 34.4 Å². The second-order valence-corrected chi connectivity index (χ2v) is 8.42. The number of amides is 1. The summed E-state index contributed by atoms with van der Waals surface area (Å²) < 4.78 is 0. The van der Waals surface area contributed by atoms with Gasteiger partial charge in [0, 0.05) is 19.1 Å². The Morgan fingerprint density at radius 3 is 2.54 bits per heavy atom. The molecule has 0 bridgehead atoms. The quantitative estimate of drug-likeness (QED) is 0.559. The Labute approximate surface area is 170 Å². The monoisotopic (exact) mass is 416 g/mol. The van der Waals surface area contributed by atoms with E-state index >= 15 is 0 Å². The summed E-state index contributed by atoms with van der Waals surface area (Å²) in [6.45, 7) is 1.72. The summed E-state index contributed by atoms with van der Waals surface area (Å²) in [5.41, 5.74) is 6.58. The largest absolute Gasteiger partial charge is 0.374 e. The van der Waals surface area contributed by atoms with E-state index in [1.807, 2.05) is 30.3 Å². The first-order valence-electron chi connectivity index (χ1n) is 8.93. The number of nitrogens with one attached hydrogen (secondary N) is 2. The van der Waals surface area contributed by atoms with Crippen LogP contribution in [0.4, 0.5) is 20.5 Å². The summed E-state index contributed by atoms with van der Waals surface area (Å²) in [5, 5.41) is 25.0. The lowest BCUT2D eigenvalue weighted by Crippen LogP contribution is -2.39. The summed E-state index contributed by atoms with van der Waals surface area (Å²) >= 11 is 2.76. The standard InChI is InChI=1S/C17H20N8OS2/c18-14-21-22-15(27-14)19-12-6-8-25(9-7-12)17-24-23-16(28-17)20-13(26)10-11-4-2-1-3-5-11/h1-5,12H,6-10H2,(H2,18,21)(H,19,22)(H,20,23,26). The number of nitrogens with two attached hydrogens (primary N) is 1. The van der Waals surface area contributed by atoms with E-state index in [1.54, 1.807) is 0 Å². The first-order chi connectivity index (χ1) is 13.7. The molecule has 4 rings (SSSR count). The molecule has 0 spiro atoms. The Morgan fingerprint density at radius 1 is 1.07 bits per heavy atom. The summed E-state index contributed by atoms with van der Waals surface area (Å²) in [5.74, 6) is -0.0897. The molecular formula is C17H20N8OS2. The first kappa shape index (κ1) is 18.6. The minimum atomic E-state index is -0.0897. The third-order valence-electron chi connectivity index (χ3n) is 4.40. The maximum Gasteiger partial charge on any atom is 0.230 e. The van der Waals surface area contributed by atoms with Gasteiger partial charge in [-0.3, -0.25) is 4.79 Å². The van der Waals surface area contributed by atoms with Crippen molar-refractivity contribution < 1.29 is 4.79 Å². The summed E-state index contributed by atoms with van der Waals surface area (Å²) in [6.07, 6.45) is 2.23. The van der Waals surface area contributed by atoms with Crippen LogP contribution in [0.15, 0.2) is 30.3 Å². The highest BCUT2D eigenvalue weighted by Gasteiger charge is 2.23. The number of carbonyl (C=O) groups is 1. The van der Waals surface area contributed by atoms with Crippen LogP contribution in [0.5, 0.6) is 0 Å². The normalized spacial score (nSPS) is 14.8. The van der Waals surface area contributed by atoms with Crippen molar-refractivity contribution >= 4 is 49.1 Å². The van der Waals surface area contributed by atoms with E-state index in [9.17, 15) is 4.79 Å². The van der Waals surface area contributed by atoms with Crippen molar-refractivity contribution in [1.82, 2.24) is 20.4 Å². The van der Waals surface area contributed by atoms with Gasteiger partial charge >= 0.3 is 0 Å². The molecule has 1 saturated heterocycles. The lowest BCUT2D eigenvalue weighted by Gasteiger charge is -2.31. The van der Waals surface area contributed by atoms with Crippen LogP contribution >= 0.6 is 22.7 Å². The van der Waals surface area contributed by atoms with Gasteiger partial charge in [0.15, 0.2) is 0 Å². The lowest BCUT2D eigenvalue weighted by atomic mass is 10.1. The molecule has 1 aliphatic rings. The Bertz CT molecular complexity index is 920. The van der Waals surface area contributed by atoms with Crippen LogP contribution in [0.2, 0.25) is 0 Å². The number of aromatic nitrogens is 4. The molecule has 0 saturated carbocycles. The molecular weight excluding hydrogens is 396 g/mol. The average molecular weight is 417 g/mol. The van der Waals surface area contributed by atoms with E-state index in [0.29, 0.717) is 22.7 Å². The maximum atomic E-state index is 12.2. The van der Waals surface area contributed by atoms with E-state index in [2.05, 4.69) is 35.9 Å². The molecule has 1 fully saturated rings. The fraction of sp³-hybridized carbons (Fsp3) is 0.353. The van der Waals surface area contributed by atoms with Crippen LogP contribution in [0.1, 0.15) is 18.4 Å². The van der Waals surface area contributed by atoms with E-state index in [0.717, 1.165) is 41.8 Å². The molecule has 9 nitrogen and oxygen atoms in total. The third kappa shape index (κ3) is 4.73. The van der Waals surface area contributed by atoms with Crippen molar-refractivity contribution in [2.45, 2.75) is 25.3 Å². The number of hydrogen-bond acceptors (Lipinski definition) is 10. The summed E-state index contributed by atoms with van der Waals surface area (Å²) in [7, 11) is 0. The highest BCUT2D eigenvalue weighted by molar-refractivity contribution is 7.19. The molecule has 4 N–H and O–H groups in total. The second kappa shape index (κ2) is 8.48. The van der Waals surface area contributed by atoms with Gasteiger partial charge in [-0.2, -0.15) is 0 Å². The lowest BCUT2D eigenvalue weighted by molar-refractivity contribution is -0.115. The number of nitrogens with zero attached hydrogens (tertiary/aromatic N) is 5. The van der Waals surface area contributed by atoms with Gasteiger partial charge in [-0.25, -0.2) is 0 Å². The molecule has 0 aliphatic carbocycles. The van der Waals surface area contributed by atoms with Crippen LogP contribution in [0, 0.1) is 0 Å². The Balaban J connectivity index is 1.27. The smallest absolute Gasteiger partial charge is 0.230 e. The van der Waals surface area contributed by atoms with Gasteiger partial charge < -0.3 is 21.3 Å². The van der Waals surface area contributed by atoms with Gasteiger partial charge in [-0.15, -0.1) is 20.4 Å². The SMILES string of the molecule is Nc1nnc(NC2CCN(c3nnc(NC(=O)Cc4ccccc4)s3)CC2)s1. The van der Waals surface area contributed by atoms with Gasteiger partial charge in [0.1, 0.15) is 0 Å². The first-order valence-corrected chi connectivity index (χ1v) is 10.6. The number of nitrogen functional groups attached to an aromatic ring is 1. The molecule has 2 aromatic heterocycles. The molecule has 0 atom stereocenters. The Kier molecular flexibility index (Phi) is 5.63. The van der Waals surface area contributed by atoms with E-state index in [4.69, 9.17) is 5.73 Å². The fourth-order valence-electron chi connectivity index (χ4n) is 3.02. The van der Waals surface area contributed by atoms with Gasteiger partial charge in [-0.05, 0) is 18.4 Å². The molecule has 0 unspecified atom stereocenters. The fourth-order valence-corrected chi connectivity index (χ4v) is 4.42. The minimum Gasteiger partial charge on any atom is -0.374 e. The van der Waals surface area contributed by atoms with Crippen molar-refractivity contribution in [2.24, 2.45) is 0 Å². The number of anilines is 4. The molecule has 1 aliphatic heterocycles. The van der Waals surface area contributed by atoms with E-state index in [-0.39, 0.29) is 5.91 Å². The van der Waals surface area contributed by atoms with E-state index in [1.165, 1.54) is 22.7 Å². The third-order valence-corrected chi connectivity index (χ3v) is 5.99. The highest BCUT2D eigenvalue weighted by atomic mass is 32.1. The molecule has 1 aromatic carbocycles. The molecule has 28 heavy (non-hydrogen) atoms. The van der Waals surface area contributed by atoms with Gasteiger partial charge in [-0.1, -0.05) is 53.0 Å². The van der Waals surface area contributed by atoms with Crippen molar-refractivity contribution in [1.29, 1.82) is 0 Å². The summed E-state index contributed by atoms with van der Waals surface area (Å²) in [6, 6.07) is 9.97. The zero-order valence-corrected chi connectivity index (χ0v) is 16.7. The van der Waals surface area contributed by atoms with E-state index < -0.39 is 0 Å². The Morgan fingerprint density at radius 2 is 1.82 bits per heavy atom. The molecule has 1 amide bonds. The highest BCUT2D eigenvalue weighted by Crippen LogP contribution is 2.28. The number of rotatable bonds is 6.